The number of epoxide rings is 1. The minimum atomic E-state index is -0.187. The largest absolute Gasteiger partial charge is 0.366 e. The van der Waals surface area contributed by atoms with E-state index in [-0.39, 0.29) is 17.1 Å². The summed E-state index contributed by atoms with van der Waals surface area (Å²) in [5, 5.41) is 9.20. The molecule has 0 aromatic carbocycles. The second-order valence-corrected chi connectivity index (χ2v) is 7.13. The molecule has 0 radical (unpaired) electrons. The Bertz CT molecular complexity index is 376. The molecule has 2 saturated carbocycles. The van der Waals surface area contributed by atoms with Gasteiger partial charge in [-0.25, -0.2) is 4.89 Å². The van der Waals surface area contributed by atoms with Crippen molar-refractivity contribution in [2.45, 2.75) is 64.3 Å². The van der Waals surface area contributed by atoms with Crippen molar-refractivity contribution < 1.29 is 14.9 Å². The number of hydrogen-bond acceptors (Lipinski definition) is 3. The summed E-state index contributed by atoms with van der Waals surface area (Å²) in [5.41, 5.74) is 1.38. The minimum Gasteiger partial charge on any atom is -0.366 e. The molecule has 3 heteroatoms. The molecule has 3 fully saturated rings. The van der Waals surface area contributed by atoms with Crippen LogP contribution in [-0.2, 0) is 9.62 Å². The predicted octanol–water partition coefficient (Wildman–Crippen LogP) is 3.40. The molecule has 0 bridgehead atoms. The molecule has 102 valence electrons. The zero-order valence-corrected chi connectivity index (χ0v) is 11.6. The first kappa shape index (κ1) is 12.6. The maximum Gasteiger partial charge on any atom is 0.117 e. The molecule has 0 unspecified atom stereocenters. The van der Waals surface area contributed by atoms with Crippen LogP contribution < -0.4 is 0 Å². The lowest BCUT2D eigenvalue weighted by Gasteiger charge is -2.18. The fourth-order valence-electron chi connectivity index (χ4n) is 4.11. The Hall–Kier alpha value is -0.380. The highest BCUT2D eigenvalue weighted by Gasteiger charge is 2.63. The van der Waals surface area contributed by atoms with Crippen molar-refractivity contribution in [1.29, 1.82) is 0 Å². The van der Waals surface area contributed by atoms with E-state index in [0.717, 1.165) is 31.3 Å². The van der Waals surface area contributed by atoms with Gasteiger partial charge in [-0.2, -0.15) is 0 Å². The van der Waals surface area contributed by atoms with Crippen LogP contribution in [0.5, 0.6) is 0 Å². The van der Waals surface area contributed by atoms with Crippen molar-refractivity contribution in [3.8, 4) is 0 Å². The van der Waals surface area contributed by atoms with E-state index < -0.39 is 0 Å². The van der Waals surface area contributed by atoms with Crippen LogP contribution in [0.25, 0.3) is 0 Å². The van der Waals surface area contributed by atoms with Crippen molar-refractivity contribution in [3.05, 3.63) is 12.2 Å². The van der Waals surface area contributed by atoms with Crippen molar-refractivity contribution in [3.63, 3.8) is 0 Å². The van der Waals surface area contributed by atoms with Crippen LogP contribution in [0.1, 0.15) is 46.5 Å². The quantitative estimate of drug-likeness (QED) is 0.336. The second kappa shape index (κ2) is 3.81. The van der Waals surface area contributed by atoms with Gasteiger partial charge in [-0.05, 0) is 49.5 Å². The fourth-order valence-corrected chi connectivity index (χ4v) is 4.11. The third-order valence-corrected chi connectivity index (χ3v) is 5.70. The first-order valence-electron chi connectivity index (χ1n) is 7.06. The summed E-state index contributed by atoms with van der Waals surface area (Å²) in [5.74, 6) is 1.03. The van der Waals surface area contributed by atoms with Crippen LogP contribution >= 0.6 is 0 Å². The lowest BCUT2D eigenvalue weighted by Crippen LogP contribution is -2.21. The van der Waals surface area contributed by atoms with Gasteiger partial charge in [0, 0.05) is 5.92 Å². The first-order chi connectivity index (χ1) is 8.40. The highest BCUT2D eigenvalue weighted by atomic mass is 17.1. The molecule has 1 saturated heterocycles. The van der Waals surface area contributed by atoms with E-state index in [9.17, 15) is 5.26 Å². The Balaban J connectivity index is 1.80. The van der Waals surface area contributed by atoms with Gasteiger partial charge in [0.25, 0.3) is 0 Å². The zero-order valence-electron chi connectivity index (χ0n) is 11.6. The molecule has 3 aliphatic rings. The van der Waals surface area contributed by atoms with E-state index in [1.165, 1.54) is 0 Å². The van der Waals surface area contributed by atoms with Gasteiger partial charge in [0.1, 0.15) is 6.10 Å². The van der Waals surface area contributed by atoms with Gasteiger partial charge in [0.15, 0.2) is 0 Å². The van der Waals surface area contributed by atoms with E-state index >= 15 is 0 Å². The van der Waals surface area contributed by atoms with Crippen LogP contribution in [0.15, 0.2) is 12.2 Å². The molecule has 3 rings (SSSR count). The van der Waals surface area contributed by atoms with Crippen molar-refractivity contribution in [2.75, 3.05) is 0 Å². The Kier molecular flexibility index (Phi) is 2.68. The lowest BCUT2D eigenvalue weighted by molar-refractivity contribution is -0.276. The summed E-state index contributed by atoms with van der Waals surface area (Å²) in [6, 6.07) is 0. The van der Waals surface area contributed by atoms with Gasteiger partial charge in [0.2, 0.25) is 0 Å². The highest BCUT2D eigenvalue weighted by Crippen LogP contribution is 2.65. The molecule has 5 atom stereocenters. The lowest BCUT2D eigenvalue weighted by atomic mass is 9.91. The van der Waals surface area contributed by atoms with E-state index in [1.54, 1.807) is 0 Å². The normalized spacial score (nSPS) is 50.1. The SMILES string of the molecule is C=C1CC[C@@H]2O[C@@]2(C)CC[C@H]2[C@H]([C@H]1OO)C2(C)C. The number of hydrogen-bond donors (Lipinski definition) is 1. The summed E-state index contributed by atoms with van der Waals surface area (Å²) in [7, 11) is 0. The van der Waals surface area contributed by atoms with Crippen LogP contribution in [0.3, 0.4) is 0 Å². The third kappa shape index (κ3) is 1.75. The second-order valence-electron chi connectivity index (χ2n) is 7.13. The van der Waals surface area contributed by atoms with Crippen molar-refractivity contribution >= 4 is 0 Å². The van der Waals surface area contributed by atoms with Crippen LogP contribution in [0.2, 0.25) is 0 Å². The molecule has 1 aliphatic heterocycles. The van der Waals surface area contributed by atoms with Crippen molar-refractivity contribution in [1.82, 2.24) is 0 Å². The van der Waals surface area contributed by atoms with Gasteiger partial charge in [-0.1, -0.05) is 20.4 Å². The summed E-state index contributed by atoms with van der Waals surface area (Å²) in [6.07, 6.45) is 4.39. The topological polar surface area (TPSA) is 42.0 Å². The van der Waals surface area contributed by atoms with Crippen molar-refractivity contribution in [2.24, 2.45) is 17.3 Å². The molecular weight excluding hydrogens is 228 g/mol. The van der Waals surface area contributed by atoms with Gasteiger partial charge in [-0.15, -0.1) is 0 Å². The predicted molar refractivity (Wildman–Crippen MR) is 69.1 cm³/mol. The van der Waals surface area contributed by atoms with Gasteiger partial charge < -0.3 is 4.74 Å². The zero-order chi connectivity index (χ0) is 13.1. The molecule has 0 aromatic rings. The monoisotopic (exact) mass is 252 g/mol. The molecule has 3 nitrogen and oxygen atoms in total. The average molecular weight is 252 g/mol. The first-order valence-corrected chi connectivity index (χ1v) is 7.06. The molecule has 2 aliphatic carbocycles. The third-order valence-electron chi connectivity index (χ3n) is 5.70. The molecular formula is C15H24O3. The molecule has 1 heterocycles. The molecule has 18 heavy (non-hydrogen) atoms. The van der Waals surface area contributed by atoms with Gasteiger partial charge in [0.05, 0.1) is 11.7 Å². The Morgan fingerprint density at radius 2 is 2.06 bits per heavy atom. The van der Waals surface area contributed by atoms with Crippen LogP contribution in [0.4, 0.5) is 0 Å². The number of fused-ring (bicyclic) bond motifs is 2. The van der Waals surface area contributed by atoms with E-state index in [4.69, 9.17) is 9.62 Å². The fraction of sp³-hybridized carbons (Fsp3) is 0.867. The Morgan fingerprint density at radius 3 is 2.72 bits per heavy atom. The standard InChI is InChI=1S/C15H24O3/c1-9-5-6-11-15(4,17-11)8-7-10-12(13(9)18-16)14(10,2)3/h10-13,16H,1,5-8H2,2-4H3/t10-,11-,12+,13-,15-/m0/s1. The summed E-state index contributed by atoms with van der Waals surface area (Å²) < 4.78 is 5.84. The number of ether oxygens (including phenoxy) is 1. The summed E-state index contributed by atoms with van der Waals surface area (Å²) in [4.78, 5) is 4.76. The van der Waals surface area contributed by atoms with Crippen LogP contribution in [0, 0.1) is 17.3 Å². The summed E-state index contributed by atoms with van der Waals surface area (Å²) >= 11 is 0. The average Bonchev–Trinajstić information content (AvgIpc) is 3.11. The summed E-state index contributed by atoms with van der Waals surface area (Å²) in [6.45, 7) is 10.9. The molecule has 0 amide bonds. The van der Waals surface area contributed by atoms with Gasteiger partial charge >= 0.3 is 0 Å². The van der Waals surface area contributed by atoms with E-state index in [2.05, 4.69) is 27.4 Å². The Morgan fingerprint density at radius 1 is 1.33 bits per heavy atom. The maximum atomic E-state index is 9.20. The number of rotatable bonds is 1. The molecule has 0 aromatic heterocycles. The van der Waals surface area contributed by atoms with E-state index in [1.807, 2.05) is 0 Å². The van der Waals surface area contributed by atoms with E-state index in [0.29, 0.717) is 17.9 Å². The smallest absolute Gasteiger partial charge is 0.117 e. The Labute approximate surface area is 109 Å². The molecule has 0 spiro atoms. The van der Waals surface area contributed by atoms with Crippen LogP contribution in [-0.4, -0.2) is 23.1 Å². The van der Waals surface area contributed by atoms with Gasteiger partial charge in [-0.3, -0.25) is 5.26 Å². The minimum absolute atomic E-state index is 0.108. The molecule has 1 N–H and O–H groups in total. The highest BCUT2D eigenvalue weighted by molar-refractivity contribution is 5.19. The maximum absolute atomic E-state index is 9.20.